The number of nitrogens with two attached hydrogens (primary N) is 1. The minimum Gasteiger partial charge on any atom is -0.328 e. The van der Waals surface area contributed by atoms with Crippen molar-refractivity contribution in [2.45, 2.75) is 44.6 Å². The van der Waals surface area contributed by atoms with Crippen molar-refractivity contribution in [2.75, 3.05) is 19.3 Å². The Morgan fingerprint density at radius 2 is 1.88 bits per heavy atom. The first-order chi connectivity index (χ1) is 7.95. The summed E-state index contributed by atoms with van der Waals surface area (Å²) in [4.78, 5) is 0. The Hall–Kier alpha value is -0.130. The predicted molar refractivity (Wildman–Crippen MR) is 69.1 cm³/mol. The van der Waals surface area contributed by atoms with E-state index in [0.717, 1.165) is 31.6 Å². The third-order valence-corrected chi connectivity index (χ3v) is 5.19. The van der Waals surface area contributed by atoms with Crippen LogP contribution in [0.5, 0.6) is 0 Å². The summed E-state index contributed by atoms with van der Waals surface area (Å²) in [5.41, 5.74) is 6.13. The van der Waals surface area contributed by atoms with Crippen LogP contribution in [0.15, 0.2) is 0 Å². The van der Waals surface area contributed by atoms with Gasteiger partial charge in [-0.2, -0.15) is 0 Å². The van der Waals surface area contributed by atoms with E-state index in [-0.39, 0.29) is 6.04 Å². The van der Waals surface area contributed by atoms with Gasteiger partial charge in [0.05, 0.1) is 6.26 Å². The van der Waals surface area contributed by atoms with Crippen LogP contribution in [0, 0.1) is 11.8 Å². The van der Waals surface area contributed by atoms with Crippen LogP contribution < -0.4 is 5.73 Å². The molecule has 2 atom stereocenters. The van der Waals surface area contributed by atoms with E-state index in [1.165, 1.54) is 19.1 Å². The Bertz CT molecular complexity index is 352. The van der Waals surface area contributed by atoms with Gasteiger partial charge in [0.15, 0.2) is 0 Å². The molecule has 2 unspecified atom stereocenters. The summed E-state index contributed by atoms with van der Waals surface area (Å²) < 4.78 is 24.6. The molecule has 0 radical (unpaired) electrons. The summed E-state index contributed by atoms with van der Waals surface area (Å²) >= 11 is 0. The summed E-state index contributed by atoms with van der Waals surface area (Å²) in [6.07, 6.45) is 8.22. The number of sulfonamides is 1. The Kier molecular flexibility index (Phi) is 4.10. The first-order valence-corrected chi connectivity index (χ1v) is 8.50. The molecule has 5 heteroatoms. The quantitative estimate of drug-likeness (QED) is 0.807. The molecule has 2 N–H and O–H groups in total. The minimum atomic E-state index is -3.01. The SMILES string of the molecule is CS(=O)(=O)N1CCCC(CC(N)CC2CC2)C1. The molecule has 0 aromatic rings. The molecule has 2 aliphatic rings. The summed E-state index contributed by atoms with van der Waals surface area (Å²) in [5, 5.41) is 0. The minimum absolute atomic E-state index is 0.270. The van der Waals surface area contributed by atoms with Gasteiger partial charge in [0.2, 0.25) is 10.0 Å². The van der Waals surface area contributed by atoms with Gasteiger partial charge in [0, 0.05) is 19.1 Å². The highest BCUT2D eigenvalue weighted by molar-refractivity contribution is 7.88. The van der Waals surface area contributed by atoms with Crippen molar-refractivity contribution >= 4 is 10.0 Å². The Morgan fingerprint density at radius 1 is 1.24 bits per heavy atom. The first kappa shape index (κ1) is 13.3. The summed E-state index contributed by atoms with van der Waals surface area (Å²) in [7, 11) is -3.01. The summed E-state index contributed by atoms with van der Waals surface area (Å²) in [6.45, 7) is 1.37. The molecule has 17 heavy (non-hydrogen) atoms. The number of hydrogen-bond acceptors (Lipinski definition) is 3. The fourth-order valence-electron chi connectivity index (χ4n) is 2.83. The molecule has 0 bridgehead atoms. The van der Waals surface area contributed by atoms with Crippen LogP contribution in [-0.2, 0) is 10.0 Å². The van der Waals surface area contributed by atoms with E-state index in [4.69, 9.17) is 5.73 Å². The predicted octanol–water partition coefficient (Wildman–Crippen LogP) is 1.18. The zero-order valence-electron chi connectivity index (χ0n) is 10.6. The molecule has 4 nitrogen and oxygen atoms in total. The lowest BCUT2D eigenvalue weighted by Crippen LogP contribution is -2.41. The largest absolute Gasteiger partial charge is 0.328 e. The van der Waals surface area contributed by atoms with Crippen molar-refractivity contribution in [1.29, 1.82) is 0 Å². The molecule has 1 aliphatic carbocycles. The van der Waals surface area contributed by atoms with E-state index in [2.05, 4.69) is 0 Å². The second kappa shape index (κ2) is 5.24. The van der Waals surface area contributed by atoms with Gasteiger partial charge in [0.25, 0.3) is 0 Å². The van der Waals surface area contributed by atoms with Gasteiger partial charge in [-0.1, -0.05) is 12.8 Å². The lowest BCUT2D eigenvalue weighted by molar-refractivity contribution is 0.243. The van der Waals surface area contributed by atoms with Crippen molar-refractivity contribution in [3.63, 3.8) is 0 Å². The molecule has 0 spiro atoms. The Balaban J connectivity index is 1.80. The van der Waals surface area contributed by atoms with Crippen molar-refractivity contribution in [1.82, 2.24) is 4.31 Å². The molecule has 1 saturated heterocycles. The van der Waals surface area contributed by atoms with Gasteiger partial charge in [-0.3, -0.25) is 0 Å². The van der Waals surface area contributed by atoms with E-state index in [1.807, 2.05) is 0 Å². The van der Waals surface area contributed by atoms with Crippen LogP contribution in [-0.4, -0.2) is 38.1 Å². The highest BCUT2D eigenvalue weighted by Gasteiger charge is 2.29. The topological polar surface area (TPSA) is 63.4 Å². The van der Waals surface area contributed by atoms with Gasteiger partial charge < -0.3 is 5.73 Å². The van der Waals surface area contributed by atoms with Gasteiger partial charge in [-0.15, -0.1) is 0 Å². The fraction of sp³-hybridized carbons (Fsp3) is 1.00. The maximum absolute atomic E-state index is 11.5. The van der Waals surface area contributed by atoms with E-state index < -0.39 is 10.0 Å². The third-order valence-electron chi connectivity index (χ3n) is 3.92. The van der Waals surface area contributed by atoms with Gasteiger partial charge in [0.1, 0.15) is 0 Å². The Labute approximate surface area is 105 Å². The molecule has 2 rings (SSSR count). The standard InChI is InChI=1S/C12H24N2O2S/c1-17(15,16)14-6-2-3-11(9-14)8-12(13)7-10-4-5-10/h10-12H,2-9,13H2,1H3. The van der Waals surface area contributed by atoms with E-state index in [0.29, 0.717) is 19.0 Å². The van der Waals surface area contributed by atoms with Crippen molar-refractivity contribution in [3.05, 3.63) is 0 Å². The molecule has 1 aliphatic heterocycles. The molecular formula is C12H24N2O2S. The maximum atomic E-state index is 11.5. The molecule has 1 saturated carbocycles. The molecule has 100 valence electrons. The smallest absolute Gasteiger partial charge is 0.211 e. The molecule has 0 amide bonds. The summed E-state index contributed by atoms with van der Waals surface area (Å²) in [5.74, 6) is 1.33. The van der Waals surface area contributed by atoms with Crippen LogP contribution in [0.3, 0.4) is 0 Å². The average molecular weight is 260 g/mol. The van der Waals surface area contributed by atoms with Crippen LogP contribution in [0.25, 0.3) is 0 Å². The summed E-state index contributed by atoms with van der Waals surface area (Å²) in [6, 6.07) is 0.270. The zero-order chi connectivity index (χ0) is 12.5. The lowest BCUT2D eigenvalue weighted by atomic mass is 9.91. The number of hydrogen-bond donors (Lipinski definition) is 1. The average Bonchev–Trinajstić information content (AvgIpc) is 3.00. The van der Waals surface area contributed by atoms with Gasteiger partial charge in [-0.05, 0) is 37.5 Å². The second-order valence-electron chi connectivity index (χ2n) is 5.80. The van der Waals surface area contributed by atoms with E-state index in [1.54, 1.807) is 4.31 Å². The van der Waals surface area contributed by atoms with Crippen LogP contribution in [0.2, 0.25) is 0 Å². The van der Waals surface area contributed by atoms with Crippen LogP contribution in [0.4, 0.5) is 0 Å². The molecule has 2 fully saturated rings. The van der Waals surface area contributed by atoms with Gasteiger partial charge in [-0.25, -0.2) is 12.7 Å². The highest BCUT2D eigenvalue weighted by atomic mass is 32.2. The maximum Gasteiger partial charge on any atom is 0.211 e. The number of nitrogens with zero attached hydrogens (tertiary/aromatic N) is 1. The normalized spacial score (nSPS) is 29.2. The first-order valence-electron chi connectivity index (χ1n) is 6.66. The monoisotopic (exact) mass is 260 g/mol. The molecule has 0 aromatic heterocycles. The third kappa shape index (κ3) is 4.23. The van der Waals surface area contributed by atoms with Crippen molar-refractivity contribution in [2.24, 2.45) is 17.6 Å². The molecule has 0 aromatic carbocycles. The van der Waals surface area contributed by atoms with Crippen LogP contribution >= 0.6 is 0 Å². The van der Waals surface area contributed by atoms with Gasteiger partial charge >= 0.3 is 0 Å². The van der Waals surface area contributed by atoms with E-state index >= 15 is 0 Å². The second-order valence-corrected chi connectivity index (χ2v) is 7.79. The molecule has 1 heterocycles. The fourth-order valence-corrected chi connectivity index (χ4v) is 3.77. The van der Waals surface area contributed by atoms with Crippen molar-refractivity contribution in [3.8, 4) is 0 Å². The zero-order valence-corrected chi connectivity index (χ0v) is 11.5. The highest BCUT2D eigenvalue weighted by Crippen LogP contribution is 2.34. The van der Waals surface area contributed by atoms with Crippen molar-refractivity contribution < 1.29 is 8.42 Å². The number of rotatable bonds is 5. The molecular weight excluding hydrogens is 236 g/mol. The number of piperidine rings is 1. The van der Waals surface area contributed by atoms with E-state index in [9.17, 15) is 8.42 Å². The van der Waals surface area contributed by atoms with Crippen LogP contribution in [0.1, 0.15) is 38.5 Å². The lowest BCUT2D eigenvalue weighted by Gasteiger charge is -2.32. The Morgan fingerprint density at radius 3 is 2.47 bits per heavy atom.